The Kier molecular flexibility index (Phi) is 7.17. The quantitative estimate of drug-likeness (QED) is 0.422. The molecule has 0 saturated heterocycles. The van der Waals surface area contributed by atoms with Crippen molar-refractivity contribution < 1.29 is 27.1 Å². The van der Waals surface area contributed by atoms with Crippen LogP contribution >= 0.6 is 11.6 Å². The van der Waals surface area contributed by atoms with Crippen LogP contribution < -0.4 is 19.9 Å². The van der Waals surface area contributed by atoms with Crippen molar-refractivity contribution in [1.29, 1.82) is 5.26 Å². The van der Waals surface area contributed by atoms with E-state index in [0.717, 1.165) is 12.8 Å². The highest BCUT2D eigenvalue weighted by Gasteiger charge is 2.30. The molecule has 11 heteroatoms. The molecule has 0 heterocycles. The highest BCUT2D eigenvalue weighted by Crippen LogP contribution is 2.48. The zero-order chi connectivity index (χ0) is 26.0. The molecule has 1 amide bonds. The molecule has 0 aromatic heterocycles. The fourth-order valence-corrected chi connectivity index (χ4v) is 4.39. The number of ether oxygens (including phenoxy) is 2. The number of primary sulfonamides is 1. The minimum absolute atomic E-state index is 0.0454. The summed E-state index contributed by atoms with van der Waals surface area (Å²) in [5.41, 5.74) is 1.76. The summed E-state index contributed by atoms with van der Waals surface area (Å²) >= 11 is 6.04. The van der Waals surface area contributed by atoms with Crippen LogP contribution in [0.4, 0.5) is 10.1 Å². The molecule has 0 spiro atoms. The van der Waals surface area contributed by atoms with Crippen LogP contribution in [-0.4, -0.2) is 20.9 Å². The van der Waals surface area contributed by atoms with Crippen LogP contribution in [0.5, 0.6) is 17.2 Å². The van der Waals surface area contributed by atoms with Gasteiger partial charge in [0.05, 0.1) is 16.5 Å². The topological polar surface area (TPSA) is 132 Å². The van der Waals surface area contributed by atoms with E-state index in [1.54, 1.807) is 13.0 Å². The van der Waals surface area contributed by atoms with Crippen LogP contribution in [0.25, 0.3) is 0 Å². The Bertz CT molecular complexity index is 1500. The molecular weight excluding hydrogens is 509 g/mol. The molecule has 1 saturated carbocycles. The molecule has 4 rings (SSSR count). The number of benzene rings is 3. The maximum absolute atomic E-state index is 15.4. The van der Waals surface area contributed by atoms with Crippen LogP contribution in [0.3, 0.4) is 0 Å². The SMILES string of the molecule is Cc1cc(S(N)(=O)=O)ccc1NC(=O)COc1ccc(C2CC2)c(Oc2cc(Cl)cc(C#N)c2)c1F. The zero-order valence-corrected chi connectivity index (χ0v) is 20.6. The number of carbonyl (C=O) groups excluding carboxylic acids is 1. The highest BCUT2D eigenvalue weighted by atomic mass is 35.5. The predicted octanol–water partition coefficient (Wildman–Crippen LogP) is 4.99. The van der Waals surface area contributed by atoms with Crippen molar-refractivity contribution in [3.63, 3.8) is 0 Å². The van der Waals surface area contributed by atoms with Gasteiger partial charge in [-0.25, -0.2) is 13.6 Å². The van der Waals surface area contributed by atoms with Crippen molar-refractivity contribution >= 4 is 33.2 Å². The second-order valence-electron chi connectivity index (χ2n) is 8.32. The Balaban J connectivity index is 1.51. The molecule has 36 heavy (non-hydrogen) atoms. The Hall–Kier alpha value is -3.65. The normalized spacial score (nSPS) is 13.1. The summed E-state index contributed by atoms with van der Waals surface area (Å²) in [6, 6.07) is 13.5. The van der Waals surface area contributed by atoms with E-state index in [9.17, 15) is 13.2 Å². The summed E-state index contributed by atoms with van der Waals surface area (Å²) in [6.45, 7) is 1.10. The average molecular weight is 530 g/mol. The Labute approximate surface area is 212 Å². The fourth-order valence-electron chi connectivity index (χ4n) is 3.57. The number of hydrogen-bond acceptors (Lipinski definition) is 6. The maximum Gasteiger partial charge on any atom is 0.262 e. The van der Waals surface area contributed by atoms with Gasteiger partial charge in [-0.15, -0.1) is 0 Å². The first kappa shape index (κ1) is 25.4. The molecule has 0 radical (unpaired) electrons. The van der Waals surface area contributed by atoms with E-state index in [4.69, 9.17) is 31.5 Å². The Morgan fingerprint density at radius 1 is 1.22 bits per heavy atom. The molecular formula is C25H21ClFN3O5S. The molecule has 1 fully saturated rings. The third kappa shape index (κ3) is 5.94. The number of halogens is 2. The summed E-state index contributed by atoms with van der Waals surface area (Å²) in [7, 11) is -3.87. The predicted molar refractivity (Wildman–Crippen MR) is 131 cm³/mol. The van der Waals surface area contributed by atoms with Crippen molar-refractivity contribution in [1.82, 2.24) is 0 Å². The van der Waals surface area contributed by atoms with Gasteiger partial charge in [0, 0.05) is 16.3 Å². The third-order valence-electron chi connectivity index (χ3n) is 5.49. The van der Waals surface area contributed by atoms with Crippen molar-refractivity contribution in [2.45, 2.75) is 30.6 Å². The largest absolute Gasteiger partial charge is 0.481 e. The summed E-state index contributed by atoms with van der Waals surface area (Å²) in [4.78, 5) is 12.3. The first-order valence-electron chi connectivity index (χ1n) is 10.8. The van der Waals surface area contributed by atoms with Crippen LogP contribution in [0.15, 0.2) is 53.4 Å². The van der Waals surface area contributed by atoms with E-state index >= 15 is 4.39 Å². The van der Waals surface area contributed by atoms with Crippen LogP contribution in [0, 0.1) is 24.1 Å². The van der Waals surface area contributed by atoms with E-state index in [1.807, 2.05) is 6.07 Å². The lowest BCUT2D eigenvalue weighted by molar-refractivity contribution is -0.118. The molecule has 3 N–H and O–H groups in total. The molecule has 0 unspecified atom stereocenters. The summed E-state index contributed by atoms with van der Waals surface area (Å²) in [5.74, 6) is -1.25. The Morgan fingerprint density at radius 3 is 2.61 bits per heavy atom. The molecule has 1 aliphatic carbocycles. The van der Waals surface area contributed by atoms with Gasteiger partial charge in [-0.05, 0) is 73.7 Å². The van der Waals surface area contributed by atoms with Gasteiger partial charge in [-0.2, -0.15) is 9.65 Å². The minimum atomic E-state index is -3.87. The van der Waals surface area contributed by atoms with Gasteiger partial charge in [0.15, 0.2) is 18.1 Å². The molecule has 186 valence electrons. The lowest BCUT2D eigenvalue weighted by atomic mass is 10.1. The molecule has 3 aromatic carbocycles. The van der Waals surface area contributed by atoms with E-state index in [-0.39, 0.29) is 38.6 Å². The van der Waals surface area contributed by atoms with Crippen molar-refractivity contribution in [3.8, 4) is 23.3 Å². The van der Waals surface area contributed by atoms with Gasteiger partial charge in [0.25, 0.3) is 5.91 Å². The number of amides is 1. The van der Waals surface area contributed by atoms with Crippen LogP contribution in [-0.2, 0) is 14.8 Å². The van der Waals surface area contributed by atoms with E-state index in [2.05, 4.69) is 5.32 Å². The van der Waals surface area contributed by atoms with Crippen molar-refractivity contribution in [2.75, 3.05) is 11.9 Å². The first-order valence-corrected chi connectivity index (χ1v) is 12.7. The number of nitrogens with zero attached hydrogens (tertiary/aromatic N) is 1. The second-order valence-corrected chi connectivity index (χ2v) is 10.3. The smallest absolute Gasteiger partial charge is 0.262 e. The molecule has 3 aromatic rings. The number of carbonyl (C=O) groups is 1. The second kappa shape index (κ2) is 10.1. The van der Waals surface area contributed by atoms with Crippen LogP contribution in [0.1, 0.15) is 35.4 Å². The zero-order valence-electron chi connectivity index (χ0n) is 19.0. The van der Waals surface area contributed by atoms with Gasteiger partial charge in [0.2, 0.25) is 15.8 Å². The van der Waals surface area contributed by atoms with Crippen molar-refractivity contribution in [3.05, 3.63) is 76.1 Å². The number of nitrogens with two attached hydrogens (primary N) is 1. The first-order chi connectivity index (χ1) is 17.0. The number of aryl methyl sites for hydroxylation is 1. The summed E-state index contributed by atoms with van der Waals surface area (Å²) < 4.78 is 49.6. The van der Waals surface area contributed by atoms with E-state index in [0.29, 0.717) is 16.8 Å². The number of hydrogen-bond donors (Lipinski definition) is 2. The minimum Gasteiger partial charge on any atom is -0.481 e. The van der Waals surface area contributed by atoms with Crippen LogP contribution in [0.2, 0.25) is 5.02 Å². The average Bonchev–Trinajstić information content (AvgIpc) is 3.65. The van der Waals surface area contributed by atoms with Gasteiger partial charge in [0.1, 0.15) is 5.75 Å². The monoisotopic (exact) mass is 529 g/mol. The number of nitrogens with one attached hydrogen (secondary N) is 1. The Morgan fingerprint density at radius 2 is 1.97 bits per heavy atom. The number of sulfonamides is 1. The summed E-state index contributed by atoms with van der Waals surface area (Å²) in [5, 5.41) is 17.2. The molecule has 8 nitrogen and oxygen atoms in total. The molecule has 0 aliphatic heterocycles. The van der Waals surface area contributed by atoms with Gasteiger partial charge < -0.3 is 14.8 Å². The third-order valence-corrected chi connectivity index (χ3v) is 6.62. The van der Waals surface area contributed by atoms with Crippen molar-refractivity contribution in [2.24, 2.45) is 5.14 Å². The maximum atomic E-state index is 15.4. The van der Waals surface area contributed by atoms with Gasteiger partial charge in [-0.3, -0.25) is 4.79 Å². The summed E-state index contributed by atoms with van der Waals surface area (Å²) in [6.07, 6.45) is 1.78. The highest BCUT2D eigenvalue weighted by molar-refractivity contribution is 7.89. The van der Waals surface area contributed by atoms with Gasteiger partial charge in [-0.1, -0.05) is 17.7 Å². The molecule has 1 aliphatic rings. The van der Waals surface area contributed by atoms with E-state index in [1.165, 1.54) is 42.5 Å². The fraction of sp³-hybridized carbons (Fsp3) is 0.200. The molecule has 0 bridgehead atoms. The number of anilines is 1. The lowest BCUT2D eigenvalue weighted by Gasteiger charge is -2.16. The number of rotatable bonds is 8. The number of nitriles is 1. The standard InChI is InChI=1S/C25H21ClFN3O5S/c1-14-8-19(36(29,32)33)4-6-21(14)30-23(31)13-34-22-7-5-20(16-2-3-16)25(24(22)27)35-18-10-15(12-28)9-17(26)11-18/h4-11,16H,2-3,13H2,1H3,(H,30,31)(H2,29,32,33). The lowest BCUT2D eigenvalue weighted by Crippen LogP contribution is -2.21. The molecule has 0 atom stereocenters. The van der Waals surface area contributed by atoms with E-state index < -0.39 is 28.4 Å². The van der Waals surface area contributed by atoms with Gasteiger partial charge >= 0.3 is 0 Å².